The number of H-pyrrole nitrogens is 1. The molecule has 2 aliphatic heterocycles. The van der Waals surface area contributed by atoms with Crippen LogP contribution in [0.1, 0.15) is 27.8 Å². The van der Waals surface area contributed by atoms with Gasteiger partial charge in [-0.25, -0.2) is 14.5 Å². The van der Waals surface area contributed by atoms with Gasteiger partial charge in [0.15, 0.2) is 5.82 Å². The quantitative estimate of drug-likeness (QED) is 0.0874. The number of aliphatic carboxylic acids is 1. The molecule has 0 spiro atoms. The molecule has 4 aromatic rings. The Bertz CT molecular complexity index is 2110. The Balaban J connectivity index is 1.26. The van der Waals surface area contributed by atoms with Crippen molar-refractivity contribution in [1.82, 2.24) is 45.7 Å². The highest BCUT2D eigenvalue weighted by molar-refractivity contribution is 8.00. The summed E-state index contributed by atoms with van der Waals surface area (Å²) in [5, 5.41) is 35.4. The minimum Gasteiger partial charge on any atom is -0.508 e. The van der Waals surface area contributed by atoms with Crippen LogP contribution in [-0.2, 0) is 21.4 Å². The molecule has 3 aromatic heterocycles. The van der Waals surface area contributed by atoms with Gasteiger partial charge in [0.05, 0.1) is 10.4 Å². The van der Waals surface area contributed by atoms with Crippen LogP contribution in [0.15, 0.2) is 58.7 Å². The first kappa shape index (κ1) is 32.3. The minimum absolute atomic E-state index is 0.0190. The lowest BCUT2D eigenvalue weighted by atomic mass is 9.99. The number of carbonyl (C=O) groups is 4. The number of aromatic hydroxyl groups is 1. The van der Waals surface area contributed by atoms with Crippen LogP contribution in [0.25, 0.3) is 11.0 Å². The van der Waals surface area contributed by atoms with Gasteiger partial charge in [0, 0.05) is 38.7 Å². The second kappa shape index (κ2) is 12.5. The van der Waals surface area contributed by atoms with Crippen LogP contribution in [0, 0.1) is 0 Å². The van der Waals surface area contributed by atoms with Crippen LogP contribution in [0.4, 0.5) is 5.82 Å². The summed E-state index contributed by atoms with van der Waals surface area (Å²) in [4.78, 5) is 76.4. The Labute approximate surface area is 280 Å². The lowest BCUT2D eigenvalue weighted by Crippen LogP contribution is -2.71. The van der Waals surface area contributed by atoms with E-state index in [1.54, 1.807) is 38.2 Å². The van der Waals surface area contributed by atoms with Gasteiger partial charge in [-0.15, -0.1) is 16.9 Å². The number of hydrogen-bond acceptors (Lipinski definition) is 13. The van der Waals surface area contributed by atoms with E-state index in [4.69, 9.17) is 12.2 Å². The number of phenolic OH excluding ortho intramolecular Hbond substituents is 1. The SMILES string of the molecule is CN(C)c1ccc2[nH]cc(C(=O)NC(C(=O)NC3C(=O)N4C(C(=O)O)=C(C(=S)c5nnnn5C)CS[C@@H]34)c3ccc(O)cc3)c(=O)c2n1. The zero-order valence-corrected chi connectivity index (χ0v) is 27.0. The molecular weight excluding hydrogens is 665 g/mol. The Morgan fingerprint density at radius 1 is 1.15 bits per heavy atom. The molecule has 5 N–H and O–H groups in total. The predicted octanol–water partition coefficient (Wildman–Crippen LogP) is -0.154. The third kappa shape index (κ3) is 5.62. The zero-order valence-electron chi connectivity index (χ0n) is 25.4. The van der Waals surface area contributed by atoms with Crippen molar-refractivity contribution in [1.29, 1.82) is 0 Å². The molecule has 0 bridgehead atoms. The van der Waals surface area contributed by atoms with Crippen molar-refractivity contribution < 1.29 is 29.4 Å². The number of pyridine rings is 2. The summed E-state index contributed by atoms with van der Waals surface area (Å²) < 4.78 is 1.29. The van der Waals surface area contributed by atoms with Crippen LogP contribution < -0.4 is 21.0 Å². The number of nitrogens with zero attached hydrogens (tertiary/aromatic N) is 7. The molecule has 19 heteroatoms. The first-order valence-corrected chi connectivity index (χ1v) is 15.6. The largest absolute Gasteiger partial charge is 0.508 e. The lowest BCUT2D eigenvalue weighted by molar-refractivity contribution is -0.150. The number of nitrogens with one attached hydrogen (secondary N) is 3. The number of carbonyl (C=O) groups excluding carboxylic acids is 3. The molecule has 48 heavy (non-hydrogen) atoms. The molecule has 5 heterocycles. The van der Waals surface area contributed by atoms with Crippen LogP contribution in [0.2, 0.25) is 0 Å². The number of rotatable bonds is 9. The molecule has 1 saturated heterocycles. The Morgan fingerprint density at radius 3 is 2.52 bits per heavy atom. The topological polar surface area (TPSA) is 229 Å². The standard InChI is InChI=1S/C29H26N10O7S2/c1-37(2)17-9-8-16-19(31-17)22(41)14(10-30-16)25(42)32-18(12-4-6-13(40)7-5-12)26(43)33-20-27(44)39-21(29(45)46)15(11-48-28(20)39)23(47)24-34-35-36-38(24)3/h4-10,18,20,28,40H,11H2,1-3H3,(H,30,41)(H,32,42)(H,33,43)(H,45,46)/t18?,20?,28-/m0/s1. The van der Waals surface area contributed by atoms with E-state index in [0.29, 0.717) is 11.3 Å². The number of carboxylic acid groups (broad SMARTS) is 1. The first-order chi connectivity index (χ1) is 22.9. The number of hydrogen-bond donors (Lipinski definition) is 5. The van der Waals surface area contributed by atoms with Gasteiger partial charge in [0.2, 0.25) is 11.3 Å². The summed E-state index contributed by atoms with van der Waals surface area (Å²) in [6.07, 6.45) is 1.22. The molecule has 2 unspecified atom stereocenters. The van der Waals surface area contributed by atoms with Gasteiger partial charge in [-0.3, -0.25) is 24.1 Å². The highest BCUT2D eigenvalue weighted by Crippen LogP contribution is 2.41. The number of phenols is 1. The molecule has 1 fully saturated rings. The molecule has 246 valence electrons. The number of aromatic amines is 1. The van der Waals surface area contributed by atoms with Crippen LogP contribution in [-0.4, -0.2) is 105 Å². The van der Waals surface area contributed by atoms with E-state index in [1.807, 2.05) is 0 Å². The molecular formula is C29H26N10O7S2. The second-order valence-corrected chi connectivity index (χ2v) is 12.5. The first-order valence-electron chi connectivity index (χ1n) is 14.2. The van der Waals surface area contributed by atoms with E-state index in [2.05, 4.69) is 36.1 Å². The fraction of sp³-hybridized carbons (Fsp3) is 0.241. The maximum Gasteiger partial charge on any atom is 0.353 e. The van der Waals surface area contributed by atoms with Crippen LogP contribution in [0.5, 0.6) is 5.75 Å². The van der Waals surface area contributed by atoms with E-state index in [0.717, 1.165) is 4.90 Å². The maximum absolute atomic E-state index is 13.8. The monoisotopic (exact) mass is 690 g/mol. The van der Waals surface area contributed by atoms with Gasteiger partial charge in [0.25, 0.3) is 11.8 Å². The maximum atomic E-state index is 13.8. The number of anilines is 1. The Hall–Kier alpha value is -5.69. The molecule has 2 aliphatic rings. The summed E-state index contributed by atoms with van der Waals surface area (Å²) in [5.41, 5.74) is -0.486. The third-order valence-electron chi connectivity index (χ3n) is 7.75. The van der Waals surface area contributed by atoms with Crippen LogP contribution >= 0.6 is 24.0 Å². The average molecular weight is 691 g/mol. The number of amides is 3. The zero-order chi connectivity index (χ0) is 34.4. The van der Waals surface area contributed by atoms with E-state index in [9.17, 15) is 34.2 Å². The number of benzene rings is 1. The number of carboxylic acids is 1. The van der Waals surface area contributed by atoms with Crippen molar-refractivity contribution in [3.63, 3.8) is 0 Å². The summed E-state index contributed by atoms with van der Waals surface area (Å²) in [7, 11) is 5.04. The summed E-state index contributed by atoms with van der Waals surface area (Å²) >= 11 is 6.65. The van der Waals surface area contributed by atoms with Crippen molar-refractivity contribution in [3.05, 3.63) is 81.0 Å². The van der Waals surface area contributed by atoms with Gasteiger partial charge in [-0.1, -0.05) is 24.4 Å². The summed E-state index contributed by atoms with van der Waals surface area (Å²) in [6, 6.07) is 6.21. The van der Waals surface area contributed by atoms with Crippen molar-refractivity contribution in [2.75, 3.05) is 24.7 Å². The van der Waals surface area contributed by atoms with Crippen molar-refractivity contribution in [2.45, 2.75) is 17.5 Å². The molecule has 0 saturated carbocycles. The van der Waals surface area contributed by atoms with Gasteiger partial charge in [0.1, 0.15) is 45.8 Å². The smallest absolute Gasteiger partial charge is 0.353 e. The number of fused-ring (bicyclic) bond motifs is 2. The highest BCUT2D eigenvalue weighted by atomic mass is 32.2. The Morgan fingerprint density at radius 2 is 1.88 bits per heavy atom. The predicted molar refractivity (Wildman–Crippen MR) is 175 cm³/mol. The van der Waals surface area contributed by atoms with Gasteiger partial charge < -0.3 is 30.7 Å². The minimum atomic E-state index is -1.43. The summed E-state index contributed by atoms with van der Waals surface area (Å²) in [6.45, 7) is 0. The fourth-order valence-corrected chi connectivity index (χ4v) is 7.05. The number of β-lactam (4-membered cyclic amide) rings is 1. The van der Waals surface area contributed by atoms with Gasteiger partial charge in [-0.2, -0.15) is 0 Å². The molecule has 3 amide bonds. The molecule has 17 nitrogen and oxygen atoms in total. The fourth-order valence-electron chi connectivity index (χ4n) is 5.26. The van der Waals surface area contributed by atoms with Gasteiger partial charge >= 0.3 is 5.97 Å². The number of thiocarbonyl (C=S) groups is 1. The number of aryl methyl sites for hydroxylation is 1. The van der Waals surface area contributed by atoms with E-state index < -0.39 is 46.6 Å². The van der Waals surface area contributed by atoms with Crippen LogP contribution in [0.3, 0.4) is 0 Å². The highest BCUT2D eigenvalue weighted by Gasteiger charge is 2.55. The normalized spacial score (nSPS) is 17.7. The third-order valence-corrected chi connectivity index (χ3v) is 9.45. The van der Waals surface area contributed by atoms with E-state index in [-0.39, 0.29) is 50.1 Å². The van der Waals surface area contributed by atoms with E-state index >= 15 is 0 Å². The van der Waals surface area contributed by atoms with Gasteiger partial charge in [-0.05, 0) is 40.3 Å². The molecule has 3 atom stereocenters. The van der Waals surface area contributed by atoms with Crippen molar-refractivity contribution >= 4 is 69.4 Å². The molecule has 0 aliphatic carbocycles. The lowest BCUT2D eigenvalue weighted by Gasteiger charge is -2.49. The Kier molecular flexibility index (Phi) is 8.39. The number of tetrazole rings is 1. The number of thioether (sulfide) groups is 1. The average Bonchev–Trinajstić information content (AvgIpc) is 3.50. The number of aromatic nitrogens is 6. The second-order valence-electron chi connectivity index (χ2n) is 11.0. The molecule has 6 rings (SSSR count). The van der Waals surface area contributed by atoms with Crippen molar-refractivity contribution in [3.8, 4) is 5.75 Å². The van der Waals surface area contributed by atoms with E-state index in [1.165, 1.54) is 46.9 Å². The molecule has 0 radical (unpaired) electrons. The van der Waals surface area contributed by atoms with Crippen molar-refractivity contribution in [2.24, 2.45) is 7.05 Å². The summed E-state index contributed by atoms with van der Waals surface area (Å²) in [5.74, 6) is -3.18. The molecule has 1 aromatic carbocycles.